The van der Waals surface area contributed by atoms with E-state index in [4.69, 9.17) is 23.2 Å². The van der Waals surface area contributed by atoms with Crippen LogP contribution >= 0.6 is 23.2 Å². The van der Waals surface area contributed by atoms with Gasteiger partial charge in [0.2, 0.25) is 0 Å². The van der Waals surface area contributed by atoms with E-state index < -0.39 is 0 Å². The Labute approximate surface area is 126 Å². The van der Waals surface area contributed by atoms with Gasteiger partial charge in [-0.1, -0.05) is 29.3 Å². The van der Waals surface area contributed by atoms with Gasteiger partial charge in [0.1, 0.15) is 0 Å². The summed E-state index contributed by atoms with van der Waals surface area (Å²) in [5.41, 5.74) is 1.12. The van der Waals surface area contributed by atoms with Crippen molar-refractivity contribution < 1.29 is 0 Å². The summed E-state index contributed by atoms with van der Waals surface area (Å²) in [7, 11) is 2.20. The lowest BCUT2D eigenvalue weighted by Crippen LogP contribution is -2.38. The SMILES string of the molecule is CC(NCC1CCCN(C)C1)c1ccc(Cl)cc1Cl. The van der Waals surface area contributed by atoms with E-state index in [2.05, 4.69) is 24.2 Å². The van der Waals surface area contributed by atoms with Gasteiger partial charge in [-0.05, 0) is 63.5 Å². The van der Waals surface area contributed by atoms with Gasteiger partial charge in [-0.25, -0.2) is 0 Å². The molecule has 19 heavy (non-hydrogen) atoms. The summed E-state index contributed by atoms with van der Waals surface area (Å²) in [5, 5.41) is 5.03. The highest BCUT2D eigenvalue weighted by Gasteiger charge is 2.18. The number of hydrogen-bond donors (Lipinski definition) is 1. The number of piperidine rings is 1. The molecule has 1 aliphatic rings. The molecule has 0 bridgehead atoms. The molecule has 0 aliphatic carbocycles. The molecule has 1 saturated heterocycles. The average Bonchev–Trinajstić information content (AvgIpc) is 2.36. The van der Waals surface area contributed by atoms with Crippen molar-refractivity contribution in [3.05, 3.63) is 33.8 Å². The van der Waals surface area contributed by atoms with Crippen molar-refractivity contribution in [3.8, 4) is 0 Å². The lowest BCUT2D eigenvalue weighted by Gasteiger charge is -2.30. The fourth-order valence-electron chi connectivity index (χ4n) is 2.75. The summed E-state index contributed by atoms with van der Waals surface area (Å²) in [5.74, 6) is 0.743. The van der Waals surface area contributed by atoms with Crippen molar-refractivity contribution in [1.29, 1.82) is 0 Å². The molecule has 1 aromatic carbocycles. The molecular formula is C15H22Cl2N2. The molecule has 0 aromatic heterocycles. The molecule has 2 rings (SSSR count). The van der Waals surface area contributed by atoms with Crippen LogP contribution in [0.3, 0.4) is 0 Å². The summed E-state index contributed by atoms with van der Waals surface area (Å²) >= 11 is 12.2. The van der Waals surface area contributed by atoms with Crippen molar-refractivity contribution in [2.45, 2.75) is 25.8 Å². The predicted molar refractivity (Wildman–Crippen MR) is 83.1 cm³/mol. The fourth-order valence-corrected chi connectivity index (χ4v) is 3.32. The first kappa shape index (κ1) is 15.1. The van der Waals surface area contributed by atoms with Gasteiger partial charge < -0.3 is 10.2 Å². The van der Waals surface area contributed by atoms with Crippen LogP contribution in [0.15, 0.2) is 18.2 Å². The highest BCUT2D eigenvalue weighted by Crippen LogP contribution is 2.26. The standard InChI is InChI=1S/C15H22Cl2N2/c1-11(14-6-5-13(16)8-15(14)17)18-9-12-4-3-7-19(2)10-12/h5-6,8,11-12,18H,3-4,7,9-10H2,1-2H3. The minimum Gasteiger partial charge on any atom is -0.310 e. The van der Waals surface area contributed by atoms with Crippen molar-refractivity contribution in [1.82, 2.24) is 10.2 Å². The Balaban J connectivity index is 1.88. The normalized spacial score (nSPS) is 22.4. The molecule has 2 nitrogen and oxygen atoms in total. The number of nitrogens with zero attached hydrogens (tertiary/aromatic N) is 1. The zero-order valence-corrected chi connectivity index (χ0v) is 13.1. The van der Waals surface area contributed by atoms with Crippen LogP contribution in [0, 0.1) is 5.92 Å². The first-order valence-corrected chi connectivity index (χ1v) is 7.68. The Kier molecular flexibility index (Phi) is 5.52. The minimum absolute atomic E-state index is 0.261. The molecule has 1 heterocycles. The summed E-state index contributed by atoms with van der Waals surface area (Å²) in [6.45, 7) is 5.62. The van der Waals surface area contributed by atoms with Crippen molar-refractivity contribution in [2.24, 2.45) is 5.92 Å². The Hall–Kier alpha value is -0.280. The Bertz CT molecular complexity index is 423. The zero-order chi connectivity index (χ0) is 13.8. The van der Waals surface area contributed by atoms with Gasteiger partial charge >= 0.3 is 0 Å². The van der Waals surface area contributed by atoms with E-state index in [1.807, 2.05) is 18.2 Å². The number of nitrogens with one attached hydrogen (secondary N) is 1. The highest BCUT2D eigenvalue weighted by molar-refractivity contribution is 6.35. The van der Waals surface area contributed by atoms with Gasteiger partial charge in [-0.2, -0.15) is 0 Å². The average molecular weight is 301 g/mol. The molecule has 1 aliphatic heterocycles. The van der Waals surface area contributed by atoms with Gasteiger partial charge in [0.25, 0.3) is 0 Å². The molecule has 1 N–H and O–H groups in total. The van der Waals surface area contributed by atoms with Gasteiger partial charge in [0, 0.05) is 22.6 Å². The molecule has 1 fully saturated rings. The van der Waals surface area contributed by atoms with E-state index in [0.717, 1.165) is 23.0 Å². The van der Waals surface area contributed by atoms with Gasteiger partial charge in [-0.15, -0.1) is 0 Å². The molecule has 4 heteroatoms. The largest absolute Gasteiger partial charge is 0.310 e. The highest BCUT2D eigenvalue weighted by atomic mass is 35.5. The maximum atomic E-state index is 6.24. The molecular weight excluding hydrogens is 279 g/mol. The molecule has 1 aromatic rings. The molecule has 0 saturated carbocycles. The predicted octanol–water partition coefficient (Wildman–Crippen LogP) is 3.99. The molecule has 2 unspecified atom stereocenters. The first-order chi connectivity index (χ1) is 9.06. The zero-order valence-electron chi connectivity index (χ0n) is 11.6. The summed E-state index contributed by atoms with van der Waals surface area (Å²) in [4.78, 5) is 2.41. The second-order valence-corrected chi connectivity index (χ2v) is 6.41. The van der Waals surface area contributed by atoms with Crippen LogP contribution in [0.2, 0.25) is 10.0 Å². The van der Waals surface area contributed by atoms with Crippen LogP contribution in [-0.4, -0.2) is 31.6 Å². The number of rotatable bonds is 4. The Morgan fingerprint density at radius 3 is 2.89 bits per heavy atom. The second kappa shape index (κ2) is 6.94. The molecule has 0 radical (unpaired) electrons. The van der Waals surface area contributed by atoms with Crippen LogP contribution < -0.4 is 5.32 Å². The maximum Gasteiger partial charge on any atom is 0.0468 e. The Morgan fingerprint density at radius 1 is 1.42 bits per heavy atom. The van der Waals surface area contributed by atoms with Crippen molar-refractivity contribution in [2.75, 3.05) is 26.7 Å². The lowest BCUT2D eigenvalue weighted by atomic mass is 9.97. The van der Waals surface area contributed by atoms with E-state index in [1.165, 1.54) is 25.9 Å². The monoisotopic (exact) mass is 300 g/mol. The Morgan fingerprint density at radius 2 is 2.21 bits per heavy atom. The number of likely N-dealkylation sites (tertiary alicyclic amines) is 1. The third-order valence-electron chi connectivity index (χ3n) is 3.86. The molecule has 0 amide bonds. The maximum absolute atomic E-state index is 6.24. The van der Waals surface area contributed by atoms with Crippen LogP contribution in [0.25, 0.3) is 0 Å². The molecule has 0 spiro atoms. The van der Waals surface area contributed by atoms with E-state index in [1.54, 1.807) is 0 Å². The summed E-state index contributed by atoms with van der Waals surface area (Å²) < 4.78 is 0. The van der Waals surface area contributed by atoms with E-state index in [0.29, 0.717) is 5.02 Å². The van der Waals surface area contributed by atoms with E-state index in [9.17, 15) is 0 Å². The van der Waals surface area contributed by atoms with Gasteiger partial charge in [-0.3, -0.25) is 0 Å². The number of halogens is 2. The van der Waals surface area contributed by atoms with Crippen molar-refractivity contribution in [3.63, 3.8) is 0 Å². The van der Waals surface area contributed by atoms with Crippen molar-refractivity contribution >= 4 is 23.2 Å². The van der Waals surface area contributed by atoms with E-state index in [-0.39, 0.29) is 6.04 Å². The fraction of sp³-hybridized carbons (Fsp3) is 0.600. The first-order valence-electron chi connectivity index (χ1n) is 6.93. The van der Waals surface area contributed by atoms with Crippen LogP contribution in [0.4, 0.5) is 0 Å². The lowest BCUT2D eigenvalue weighted by molar-refractivity contribution is 0.203. The summed E-state index contributed by atoms with van der Waals surface area (Å²) in [6, 6.07) is 5.98. The molecule has 2 atom stereocenters. The quantitative estimate of drug-likeness (QED) is 0.904. The topological polar surface area (TPSA) is 15.3 Å². The van der Waals surface area contributed by atoms with Crippen LogP contribution in [-0.2, 0) is 0 Å². The van der Waals surface area contributed by atoms with E-state index >= 15 is 0 Å². The van der Waals surface area contributed by atoms with Crippen LogP contribution in [0.5, 0.6) is 0 Å². The third-order valence-corrected chi connectivity index (χ3v) is 4.43. The van der Waals surface area contributed by atoms with Gasteiger partial charge in [0.15, 0.2) is 0 Å². The second-order valence-electron chi connectivity index (χ2n) is 5.57. The summed E-state index contributed by atoms with van der Waals surface area (Å²) in [6.07, 6.45) is 2.62. The molecule has 106 valence electrons. The van der Waals surface area contributed by atoms with Gasteiger partial charge in [0.05, 0.1) is 0 Å². The third kappa shape index (κ3) is 4.35. The minimum atomic E-state index is 0.261. The van der Waals surface area contributed by atoms with Crippen LogP contribution in [0.1, 0.15) is 31.4 Å². The number of benzene rings is 1. The smallest absolute Gasteiger partial charge is 0.0468 e. The number of hydrogen-bond acceptors (Lipinski definition) is 2.